The quantitative estimate of drug-likeness (QED) is 0.869. The van der Waals surface area contributed by atoms with Gasteiger partial charge in [-0.25, -0.2) is 0 Å². The number of pyridine rings is 1. The normalized spacial score (nSPS) is 25.2. The molecule has 1 heterocycles. The van der Waals surface area contributed by atoms with E-state index in [0.29, 0.717) is 12.1 Å². The van der Waals surface area contributed by atoms with E-state index >= 15 is 0 Å². The molecule has 1 aliphatic rings. The summed E-state index contributed by atoms with van der Waals surface area (Å²) in [5, 5.41) is 9.63. The molecule has 17 heavy (non-hydrogen) atoms. The average Bonchev–Trinajstić information content (AvgIpc) is 2.64. The third kappa shape index (κ3) is 2.97. The zero-order valence-corrected chi connectivity index (χ0v) is 9.24. The van der Waals surface area contributed by atoms with Crippen molar-refractivity contribution in [1.82, 2.24) is 4.98 Å². The molecule has 94 valence electrons. The summed E-state index contributed by atoms with van der Waals surface area (Å²) in [5.41, 5.74) is -0.263. The fraction of sp³-hybridized carbons (Fsp3) is 0.583. The van der Waals surface area contributed by atoms with Gasteiger partial charge >= 0.3 is 6.18 Å². The Bertz CT molecular complexity index is 392. The third-order valence-corrected chi connectivity index (χ3v) is 3.23. The van der Waals surface area contributed by atoms with Gasteiger partial charge in [-0.05, 0) is 37.3 Å². The maximum Gasteiger partial charge on any atom is 0.416 e. The molecule has 2 atom stereocenters. The van der Waals surface area contributed by atoms with Crippen LogP contribution in [0.25, 0.3) is 0 Å². The summed E-state index contributed by atoms with van der Waals surface area (Å²) in [5.74, 6) is 0.0472. The van der Waals surface area contributed by atoms with Crippen LogP contribution in [-0.2, 0) is 12.6 Å². The van der Waals surface area contributed by atoms with Gasteiger partial charge in [-0.2, -0.15) is 13.2 Å². The topological polar surface area (TPSA) is 33.1 Å². The van der Waals surface area contributed by atoms with Crippen LogP contribution in [0.3, 0.4) is 0 Å². The van der Waals surface area contributed by atoms with E-state index in [1.54, 1.807) is 0 Å². The molecular weight excluding hydrogens is 231 g/mol. The summed E-state index contributed by atoms with van der Waals surface area (Å²) in [6.45, 7) is 0. The molecule has 0 aliphatic heterocycles. The molecule has 1 aliphatic carbocycles. The molecule has 1 N–H and O–H groups in total. The van der Waals surface area contributed by atoms with Crippen molar-refractivity contribution in [3.63, 3.8) is 0 Å². The SMILES string of the molecule is O[C@@H]1CCC[C@@H]1Cc1cc(C(F)(F)F)ccn1. The second-order valence-electron chi connectivity index (χ2n) is 4.50. The molecular formula is C12H14F3NO. The summed E-state index contributed by atoms with van der Waals surface area (Å²) >= 11 is 0. The van der Waals surface area contributed by atoms with Crippen molar-refractivity contribution in [3.05, 3.63) is 29.6 Å². The predicted molar refractivity (Wildman–Crippen MR) is 56.3 cm³/mol. The van der Waals surface area contributed by atoms with Crippen molar-refractivity contribution in [3.8, 4) is 0 Å². The van der Waals surface area contributed by atoms with Gasteiger partial charge in [-0.1, -0.05) is 6.42 Å². The highest BCUT2D eigenvalue weighted by atomic mass is 19.4. The summed E-state index contributed by atoms with van der Waals surface area (Å²) < 4.78 is 37.4. The van der Waals surface area contributed by atoms with Gasteiger partial charge in [0.1, 0.15) is 0 Å². The molecule has 2 rings (SSSR count). The van der Waals surface area contributed by atoms with Crippen LogP contribution in [-0.4, -0.2) is 16.2 Å². The van der Waals surface area contributed by atoms with E-state index in [1.165, 1.54) is 6.20 Å². The second-order valence-corrected chi connectivity index (χ2v) is 4.50. The van der Waals surface area contributed by atoms with Crippen molar-refractivity contribution in [2.45, 2.75) is 38.0 Å². The molecule has 5 heteroatoms. The van der Waals surface area contributed by atoms with Crippen LogP contribution in [0.5, 0.6) is 0 Å². The maximum absolute atomic E-state index is 12.5. The molecule has 1 aromatic heterocycles. The first kappa shape index (κ1) is 12.4. The fourth-order valence-electron chi connectivity index (χ4n) is 2.29. The minimum Gasteiger partial charge on any atom is -0.393 e. The number of aliphatic hydroxyl groups excluding tert-OH is 1. The lowest BCUT2D eigenvalue weighted by Crippen LogP contribution is -2.16. The molecule has 0 saturated heterocycles. The highest BCUT2D eigenvalue weighted by molar-refractivity contribution is 5.20. The number of alkyl halides is 3. The zero-order chi connectivity index (χ0) is 12.5. The Morgan fingerprint density at radius 3 is 2.71 bits per heavy atom. The average molecular weight is 245 g/mol. The number of aromatic nitrogens is 1. The first-order valence-corrected chi connectivity index (χ1v) is 5.67. The van der Waals surface area contributed by atoms with E-state index < -0.39 is 17.8 Å². The van der Waals surface area contributed by atoms with Crippen LogP contribution >= 0.6 is 0 Å². The number of rotatable bonds is 2. The summed E-state index contributed by atoms with van der Waals surface area (Å²) in [6, 6.07) is 2.04. The predicted octanol–water partition coefficient (Wildman–Crippen LogP) is 2.80. The lowest BCUT2D eigenvalue weighted by Gasteiger charge is -2.14. The zero-order valence-electron chi connectivity index (χ0n) is 9.24. The highest BCUT2D eigenvalue weighted by Crippen LogP contribution is 2.31. The van der Waals surface area contributed by atoms with Gasteiger partial charge in [0.2, 0.25) is 0 Å². The summed E-state index contributed by atoms with van der Waals surface area (Å²) in [4.78, 5) is 3.94. The van der Waals surface area contributed by atoms with Crippen LogP contribution < -0.4 is 0 Å². The van der Waals surface area contributed by atoms with Gasteiger partial charge in [0, 0.05) is 11.9 Å². The Morgan fingerprint density at radius 1 is 1.35 bits per heavy atom. The largest absolute Gasteiger partial charge is 0.416 e. The molecule has 2 nitrogen and oxygen atoms in total. The maximum atomic E-state index is 12.5. The van der Waals surface area contributed by atoms with E-state index in [9.17, 15) is 18.3 Å². The Morgan fingerprint density at radius 2 is 2.12 bits per heavy atom. The van der Waals surface area contributed by atoms with Gasteiger partial charge in [-0.15, -0.1) is 0 Å². The molecule has 0 radical (unpaired) electrons. The minimum atomic E-state index is -4.33. The summed E-state index contributed by atoms with van der Waals surface area (Å²) in [6.07, 6.45) is -0.587. The van der Waals surface area contributed by atoms with Crippen LogP contribution in [0.2, 0.25) is 0 Å². The Kier molecular flexibility index (Phi) is 3.38. The minimum absolute atomic E-state index is 0.0472. The lowest BCUT2D eigenvalue weighted by atomic mass is 9.98. The van der Waals surface area contributed by atoms with Crippen LogP contribution in [0, 0.1) is 5.92 Å². The molecule has 0 bridgehead atoms. The monoisotopic (exact) mass is 245 g/mol. The van der Waals surface area contributed by atoms with Crippen LogP contribution in [0.15, 0.2) is 18.3 Å². The van der Waals surface area contributed by atoms with Gasteiger partial charge in [-0.3, -0.25) is 4.98 Å². The molecule has 0 aromatic carbocycles. The third-order valence-electron chi connectivity index (χ3n) is 3.23. The smallest absolute Gasteiger partial charge is 0.393 e. The van der Waals surface area contributed by atoms with Gasteiger partial charge in [0.05, 0.1) is 11.7 Å². The Balaban J connectivity index is 2.11. The van der Waals surface area contributed by atoms with E-state index in [-0.39, 0.29) is 5.92 Å². The number of aliphatic hydroxyl groups is 1. The van der Waals surface area contributed by atoms with Gasteiger partial charge in [0.25, 0.3) is 0 Å². The van der Waals surface area contributed by atoms with Gasteiger partial charge in [0.15, 0.2) is 0 Å². The van der Waals surface area contributed by atoms with E-state index in [2.05, 4.69) is 4.98 Å². The van der Waals surface area contributed by atoms with Crippen molar-refractivity contribution < 1.29 is 18.3 Å². The fourth-order valence-corrected chi connectivity index (χ4v) is 2.29. The van der Waals surface area contributed by atoms with Crippen molar-refractivity contribution in [2.75, 3.05) is 0 Å². The molecule has 1 saturated carbocycles. The van der Waals surface area contributed by atoms with Crippen LogP contribution in [0.4, 0.5) is 13.2 Å². The number of hydrogen-bond donors (Lipinski definition) is 1. The molecule has 0 unspecified atom stereocenters. The van der Waals surface area contributed by atoms with Gasteiger partial charge < -0.3 is 5.11 Å². The van der Waals surface area contributed by atoms with Crippen molar-refractivity contribution in [1.29, 1.82) is 0 Å². The van der Waals surface area contributed by atoms with E-state index in [0.717, 1.165) is 31.4 Å². The molecule has 1 aromatic rings. The molecule has 1 fully saturated rings. The number of halogens is 3. The van der Waals surface area contributed by atoms with E-state index in [4.69, 9.17) is 0 Å². The number of nitrogens with zero attached hydrogens (tertiary/aromatic N) is 1. The molecule has 0 spiro atoms. The number of hydrogen-bond acceptors (Lipinski definition) is 2. The second kappa shape index (κ2) is 4.64. The van der Waals surface area contributed by atoms with Crippen molar-refractivity contribution >= 4 is 0 Å². The summed E-state index contributed by atoms with van der Waals surface area (Å²) in [7, 11) is 0. The lowest BCUT2D eigenvalue weighted by molar-refractivity contribution is -0.137. The first-order chi connectivity index (χ1) is 7.97. The van der Waals surface area contributed by atoms with Crippen LogP contribution in [0.1, 0.15) is 30.5 Å². The Labute approximate surface area is 97.5 Å². The molecule has 0 amide bonds. The Hall–Kier alpha value is -1.10. The first-order valence-electron chi connectivity index (χ1n) is 5.67. The highest BCUT2D eigenvalue weighted by Gasteiger charge is 2.31. The standard InChI is InChI=1S/C12H14F3NO/c13-12(14,15)9-4-5-16-10(7-9)6-8-2-1-3-11(8)17/h4-5,7-8,11,17H,1-3,6H2/t8-,11-/m1/s1. The van der Waals surface area contributed by atoms with E-state index in [1.807, 2.05) is 0 Å². The van der Waals surface area contributed by atoms with Crippen molar-refractivity contribution in [2.24, 2.45) is 5.92 Å².